The second-order valence-electron chi connectivity index (χ2n) is 3.23. The number of hydrogen-bond donors (Lipinski definition) is 1. The van der Waals surface area contributed by atoms with E-state index >= 15 is 0 Å². The van der Waals surface area contributed by atoms with Crippen molar-refractivity contribution in [1.29, 1.82) is 5.26 Å². The molecule has 78 valence electrons. The predicted molar refractivity (Wildman–Crippen MR) is 54.7 cm³/mol. The van der Waals surface area contributed by atoms with Crippen molar-refractivity contribution in [2.45, 2.75) is 44.9 Å². The average molecular weight is 195 g/mol. The molecule has 0 spiro atoms. The first kappa shape index (κ1) is 12.7. The van der Waals surface area contributed by atoms with E-state index in [9.17, 15) is 4.79 Å². The Morgan fingerprint density at radius 3 is 2.50 bits per heavy atom. The van der Waals surface area contributed by atoms with Gasteiger partial charge in [-0.05, 0) is 19.3 Å². The summed E-state index contributed by atoms with van der Waals surface area (Å²) in [4.78, 5) is 10.2. The van der Waals surface area contributed by atoms with E-state index in [2.05, 4.69) is 0 Å². The van der Waals surface area contributed by atoms with E-state index in [4.69, 9.17) is 10.4 Å². The highest BCUT2D eigenvalue weighted by molar-refractivity contribution is 5.66. The minimum Gasteiger partial charge on any atom is -0.481 e. The lowest BCUT2D eigenvalue weighted by atomic mass is 10.1. The molecule has 0 unspecified atom stereocenters. The van der Waals surface area contributed by atoms with Crippen LogP contribution < -0.4 is 0 Å². The summed E-state index contributed by atoms with van der Waals surface area (Å²) in [5, 5.41) is 16.6. The summed E-state index contributed by atoms with van der Waals surface area (Å²) in [6.07, 6.45) is 9.69. The molecular weight excluding hydrogens is 178 g/mol. The fourth-order valence-electron chi connectivity index (χ4n) is 1.20. The Bertz CT molecular complexity index is 216. The van der Waals surface area contributed by atoms with Gasteiger partial charge in [0.05, 0.1) is 6.07 Å². The number of aliphatic carboxylic acids is 1. The molecule has 0 saturated carbocycles. The summed E-state index contributed by atoms with van der Waals surface area (Å²) < 4.78 is 0. The molecule has 0 aliphatic carbocycles. The summed E-state index contributed by atoms with van der Waals surface area (Å²) in [5.41, 5.74) is 0. The third kappa shape index (κ3) is 10.7. The van der Waals surface area contributed by atoms with Gasteiger partial charge in [-0.1, -0.05) is 25.3 Å². The van der Waals surface area contributed by atoms with Crippen LogP contribution in [0.15, 0.2) is 12.2 Å². The number of carboxylic acid groups (broad SMARTS) is 1. The highest BCUT2D eigenvalue weighted by Crippen LogP contribution is 2.07. The number of nitrogens with zero attached hydrogens (tertiary/aromatic N) is 1. The summed E-state index contributed by atoms with van der Waals surface area (Å²) in [5.74, 6) is -0.707. The fourth-order valence-corrected chi connectivity index (χ4v) is 1.20. The molecule has 1 N–H and O–H groups in total. The first-order valence-electron chi connectivity index (χ1n) is 5.04. The molecule has 0 aliphatic heterocycles. The van der Waals surface area contributed by atoms with E-state index in [1.54, 1.807) is 0 Å². The number of unbranched alkanes of at least 4 members (excludes halogenated alkanes) is 5. The first-order chi connectivity index (χ1) is 6.77. The van der Waals surface area contributed by atoms with Crippen molar-refractivity contribution in [2.75, 3.05) is 0 Å². The van der Waals surface area contributed by atoms with Crippen LogP contribution in [0.2, 0.25) is 0 Å². The topological polar surface area (TPSA) is 61.1 Å². The Morgan fingerprint density at radius 1 is 1.21 bits per heavy atom. The Balaban J connectivity index is 3.03. The molecule has 3 nitrogen and oxygen atoms in total. The number of nitriles is 1. The molecule has 0 aromatic carbocycles. The molecule has 0 rings (SSSR count). The van der Waals surface area contributed by atoms with Gasteiger partial charge in [0.2, 0.25) is 0 Å². The van der Waals surface area contributed by atoms with Crippen LogP contribution in [0.25, 0.3) is 0 Å². The smallest absolute Gasteiger partial charge is 0.303 e. The number of rotatable bonds is 8. The number of carbonyl (C=O) groups is 1. The lowest BCUT2D eigenvalue weighted by Crippen LogP contribution is -1.93. The van der Waals surface area contributed by atoms with Gasteiger partial charge in [-0.15, -0.1) is 0 Å². The van der Waals surface area contributed by atoms with E-state index in [0.29, 0.717) is 0 Å². The van der Waals surface area contributed by atoms with Crippen LogP contribution in [0, 0.1) is 11.3 Å². The Hall–Kier alpha value is -1.30. The standard InChI is InChI=1S/C11H17NO2/c12-10-8-6-4-2-1-3-5-7-9-11(13)14/h6,8H,1-5,7,9H2,(H,13,14)/b8-6-. The predicted octanol–water partition coefficient (Wildman–Crippen LogP) is 2.88. The van der Waals surface area contributed by atoms with E-state index in [0.717, 1.165) is 38.5 Å². The van der Waals surface area contributed by atoms with Crippen molar-refractivity contribution in [3.8, 4) is 6.07 Å². The molecule has 3 heteroatoms. The molecule has 0 aliphatic rings. The van der Waals surface area contributed by atoms with Crippen LogP contribution in [0.3, 0.4) is 0 Å². The Morgan fingerprint density at radius 2 is 1.86 bits per heavy atom. The van der Waals surface area contributed by atoms with Gasteiger partial charge in [0.15, 0.2) is 0 Å². The molecule has 0 saturated heterocycles. The van der Waals surface area contributed by atoms with Gasteiger partial charge in [0.25, 0.3) is 0 Å². The van der Waals surface area contributed by atoms with Crippen LogP contribution in [-0.2, 0) is 4.79 Å². The number of allylic oxidation sites excluding steroid dienone is 2. The molecule has 0 aromatic rings. The Labute approximate surface area is 85.0 Å². The summed E-state index contributed by atoms with van der Waals surface area (Å²) >= 11 is 0. The molecule has 14 heavy (non-hydrogen) atoms. The summed E-state index contributed by atoms with van der Waals surface area (Å²) in [7, 11) is 0. The normalized spacial score (nSPS) is 10.2. The van der Waals surface area contributed by atoms with E-state index < -0.39 is 5.97 Å². The van der Waals surface area contributed by atoms with Crippen LogP contribution >= 0.6 is 0 Å². The molecule has 0 amide bonds. The average Bonchev–Trinajstić information content (AvgIpc) is 2.15. The van der Waals surface area contributed by atoms with Crippen molar-refractivity contribution in [3.63, 3.8) is 0 Å². The first-order valence-corrected chi connectivity index (χ1v) is 5.04. The second-order valence-corrected chi connectivity index (χ2v) is 3.23. The van der Waals surface area contributed by atoms with Gasteiger partial charge in [0.1, 0.15) is 0 Å². The maximum Gasteiger partial charge on any atom is 0.303 e. The van der Waals surface area contributed by atoms with Gasteiger partial charge < -0.3 is 5.11 Å². The highest BCUT2D eigenvalue weighted by Gasteiger charge is 1.95. The molecular formula is C11H17NO2. The molecule has 0 atom stereocenters. The lowest BCUT2D eigenvalue weighted by Gasteiger charge is -1.97. The molecule has 0 heterocycles. The molecule has 0 aromatic heterocycles. The molecule has 0 radical (unpaired) electrons. The zero-order valence-electron chi connectivity index (χ0n) is 8.41. The largest absolute Gasteiger partial charge is 0.481 e. The van der Waals surface area contributed by atoms with Crippen LogP contribution in [0.1, 0.15) is 44.9 Å². The van der Waals surface area contributed by atoms with Gasteiger partial charge in [-0.2, -0.15) is 5.26 Å². The number of hydrogen-bond acceptors (Lipinski definition) is 2. The van der Waals surface area contributed by atoms with Gasteiger partial charge >= 0.3 is 5.97 Å². The quantitative estimate of drug-likeness (QED) is 0.478. The zero-order chi connectivity index (χ0) is 10.6. The van der Waals surface area contributed by atoms with Crippen molar-refractivity contribution < 1.29 is 9.90 Å². The summed E-state index contributed by atoms with van der Waals surface area (Å²) in [6, 6.07) is 1.95. The zero-order valence-corrected chi connectivity index (χ0v) is 8.41. The van der Waals surface area contributed by atoms with Crippen LogP contribution in [0.5, 0.6) is 0 Å². The monoisotopic (exact) mass is 195 g/mol. The van der Waals surface area contributed by atoms with Crippen molar-refractivity contribution >= 4 is 5.97 Å². The van der Waals surface area contributed by atoms with E-state index in [1.165, 1.54) is 6.08 Å². The van der Waals surface area contributed by atoms with Crippen molar-refractivity contribution in [3.05, 3.63) is 12.2 Å². The Kier molecular flexibility index (Phi) is 8.88. The van der Waals surface area contributed by atoms with Gasteiger partial charge in [-0.3, -0.25) is 4.79 Å². The van der Waals surface area contributed by atoms with Crippen LogP contribution in [-0.4, -0.2) is 11.1 Å². The maximum absolute atomic E-state index is 10.2. The van der Waals surface area contributed by atoms with Crippen molar-refractivity contribution in [1.82, 2.24) is 0 Å². The lowest BCUT2D eigenvalue weighted by molar-refractivity contribution is -0.137. The SMILES string of the molecule is N#C/C=C\CCCCCCCC(=O)O. The van der Waals surface area contributed by atoms with E-state index in [1.807, 2.05) is 12.1 Å². The van der Waals surface area contributed by atoms with Gasteiger partial charge in [-0.25, -0.2) is 0 Å². The molecule has 0 fully saturated rings. The third-order valence-electron chi connectivity index (χ3n) is 1.95. The summed E-state index contributed by atoms with van der Waals surface area (Å²) in [6.45, 7) is 0. The van der Waals surface area contributed by atoms with Crippen LogP contribution in [0.4, 0.5) is 0 Å². The van der Waals surface area contributed by atoms with Gasteiger partial charge in [0, 0.05) is 12.5 Å². The third-order valence-corrected chi connectivity index (χ3v) is 1.95. The fraction of sp³-hybridized carbons (Fsp3) is 0.636. The number of carboxylic acids is 1. The highest BCUT2D eigenvalue weighted by atomic mass is 16.4. The second kappa shape index (κ2) is 9.79. The maximum atomic E-state index is 10.2. The minimum atomic E-state index is -0.707. The molecule has 0 bridgehead atoms. The minimum absolute atomic E-state index is 0.286. The van der Waals surface area contributed by atoms with Crippen molar-refractivity contribution in [2.24, 2.45) is 0 Å². The van der Waals surface area contributed by atoms with E-state index in [-0.39, 0.29) is 6.42 Å².